The third-order valence-electron chi connectivity index (χ3n) is 4.94. The Morgan fingerprint density at radius 2 is 1.90 bits per heavy atom. The van der Waals surface area contributed by atoms with Gasteiger partial charge in [0.2, 0.25) is 0 Å². The van der Waals surface area contributed by atoms with E-state index in [1.165, 1.54) is 5.56 Å². The summed E-state index contributed by atoms with van der Waals surface area (Å²) in [7, 11) is 8.20. The summed E-state index contributed by atoms with van der Waals surface area (Å²) < 4.78 is 7.72. The van der Waals surface area contributed by atoms with Crippen molar-refractivity contribution in [1.82, 2.24) is 24.9 Å². The fourth-order valence-corrected chi connectivity index (χ4v) is 3.39. The molecule has 7 heteroatoms. The quantitative estimate of drug-likeness (QED) is 0.337. The lowest BCUT2D eigenvalue weighted by molar-refractivity contribution is 0.281. The maximum Gasteiger partial charge on any atom is 0.194 e. The van der Waals surface area contributed by atoms with E-state index in [0.29, 0.717) is 12.5 Å². The van der Waals surface area contributed by atoms with Gasteiger partial charge >= 0.3 is 0 Å². The van der Waals surface area contributed by atoms with Crippen molar-refractivity contribution in [2.24, 2.45) is 12.0 Å². The highest BCUT2D eigenvalue weighted by atomic mass is 16.5. The predicted octanol–water partition coefficient (Wildman–Crippen LogP) is 3.47. The molecule has 0 bridgehead atoms. The van der Waals surface area contributed by atoms with E-state index in [1.807, 2.05) is 23.9 Å². The van der Waals surface area contributed by atoms with E-state index in [-0.39, 0.29) is 0 Å². The summed E-state index contributed by atoms with van der Waals surface area (Å²) >= 11 is 0. The highest BCUT2D eigenvalue weighted by Gasteiger charge is 2.15. The van der Waals surface area contributed by atoms with E-state index >= 15 is 0 Å². The van der Waals surface area contributed by atoms with Gasteiger partial charge in [0.15, 0.2) is 5.96 Å². The average molecular weight is 429 g/mol. The zero-order chi connectivity index (χ0) is 22.8. The number of hydrogen-bond donors (Lipinski definition) is 1. The molecule has 0 atom stereocenters. The van der Waals surface area contributed by atoms with Crippen molar-refractivity contribution in [2.75, 3.05) is 40.8 Å². The van der Waals surface area contributed by atoms with Gasteiger partial charge in [-0.05, 0) is 51.1 Å². The van der Waals surface area contributed by atoms with Crippen LogP contribution in [-0.2, 0) is 20.1 Å². The van der Waals surface area contributed by atoms with Crippen LogP contribution in [0.15, 0.2) is 35.5 Å². The van der Waals surface area contributed by atoms with Crippen molar-refractivity contribution in [3.8, 4) is 5.75 Å². The molecule has 0 amide bonds. The maximum absolute atomic E-state index is 5.82. The van der Waals surface area contributed by atoms with Crippen LogP contribution in [0.1, 0.15) is 49.9 Å². The monoisotopic (exact) mass is 428 g/mol. The number of nitrogens with zero attached hydrogens (tertiary/aromatic N) is 5. The van der Waals surface area contributed by atoms with Crippen molar-refractivity contribution >= 4 is 5.96 Å². The van der Waals surface area contributed by atoms with Gasteiger partial charge in [0.1, 0.15) is 5.75 Å². The number of ether oxygens (including phenoxy) is 1. The van der Waals surface area contributed by atoms with E-state index in [1.54, 1.807) is 0 Å². The summed E-state index contributed by atoms with van der Waals surface area (Å²) in [6.45, 7) is 10.4. The Hall–Kier alpha value is -2.54. The molecule has 0 radical (unpaired) electrons. The molecular formula is C24H40N6O. The number of aliphatic imine (C=N–C) groups is 1. The minimum Gasteiger partial charge on any atom is -0.494 e. The Balaban J connectivity index is 1.97. The van der Waals surface area contributed by atoms with Crippen LogP contribution in [0.3, 0.4) is 0 Å². The number of benzene rings is 1. The van der Waals surface area contributed by atoms with Crippen LogP contribution in [0.5, 0.6) is 5.75 Å². The summed E-state index contributed by atoms with van der Waals surface area (Å²) in [4.78, 5) is 9.17. The van der Waals surface area contributed by atoms with E-state index in [0.717, 1.165) is 55.6 Å². The number of nitrogens with one attached hydrogen (secondary N) is 1. The van der Waals surface area contributed by atoms with Crippen LogP contribution in [0.4, 0.5) is 0 Å². The lowest BCUT2D eigenvalue weighted by atomic mass is 10.1. The molecule has 2 rings (SSSR count). The molecule has 1 aromatic heterocycles. The van der Waals surface area contributed by atoms with E-state index in [2.05, 4.69) is 80.5 Å². The molecule has 0 aliphatic rings. The van der Waals surface area contributed by atoms with Gasteiger partial charge in [-0.2, -0.15) is 5.10 Å². The minimum atomic E-state index is 0.396. The van der Waals surface area contributed by atoms with Crippen molar-refractivity contribution in [3.05, 3.63) is 47.3 Å². The summed E-state index contributed by atoms with van der Waals surface area (Å²) in [5.74, 6) is 2.20. The van der Waals surface area contributed by atoms with Gasteiger partial charge in [0.05, 0.1) is 18.8 Å². The van der Waals surface area contributed by atoms with E-state index in [9.17, 15) is 0 Å². The number of guanidine groups is 1. The zero-order valence-electron chi connectivity index (χ0n) is 20.4. The average Bonchev–Trinajstić information content (AvgIpc) is 3.09. The lowest BCUT2D eigenvalue weighted by Gasteiger charge is -2.22. The van der Waals surface area contributed by atoms with Gasteiger partial charge in [-0.25, -0.2) is 4.99 Å². The maximum atomic E-state index is 5.82. The number of aryl methyl sites for hydroxylation is 1. The van der Waals surface area contributed by atoms with Crippen LogP contribution in [0, 0.1) is 0 Å². The molecule has 7 nitrogen and oxygen atoms in total. The molecular weight excluding hydrogens is 388 g/mol. The van der Waals surface area contributed by atoms with Crippen molar-refractivity contribution in [2.45, 2.75) is 46.2 Å². The van der Waals surface area contributed by atoms with Crippen LogP contribution < -0.4 is 10.1 Å². The molecule has 0 fully saturated rings. The van der Waals surface area contributed by atoms with Crippen LogP contribution in [-0.4, -0.2) is 66.4 Å². The second-order valence-corrected chi connectivity index (χ2v) is 8.54. The lowest BCUT2D eigenvalue weighted by Crippen LogP contribution is -2.38. The fourth-order valence-electron chi connectivity index (χ4n) is 3.39. The summed E-state index contributed by atoms with van der Waals surface area (Å²) in [5, 5.41) is 8.02. The first-order valence-corrected chi connectivity index (χ1v) is 11.2. The second kappa shape index (κ2) is 12.3. The molecule has 1 heterocycles. The minimum absolute atomic E-state index is 0.396. The van der Waals surface area contributed by atoms with Gasteiger partial charge in [-0.15, -0.1) is 0 Å². The smallest absolute Gasteiger partial charge is 0.194 e. The molecule has 31 heavy (non-hydrogen) atoms. The van der Waals surface area contributed by atoms with Gasteiger partial charge in [-0.1, -0.05) is 26.0 Å². The molecule has 172 valence electrons. The molecule has 1 N–H and O–H groups in total. The Morgan fingerprint density at radius 3 is 2.52 bits per heavy atom. The normalized spacial score (nSPS) is 12.0. The molecule has 0 saturated carbocycles. The highest BCUT2D eigenvalue weighted by molar-refractivity contribution is 5.79. The van der Waals surface area contributed by atoms with Crippen LogP contribution in [0.2, 0.25) is 0 Å². The summed E-state index contributed by atoms with van der Waals surface area (Å²) in [5.41, 5.74) is 3.54. The van der Waals surface area contributed by atoms with Gasteiger partial charge in [0, 0.05) is 45.5 Å². The first kappa shape index (κ1) is 24.7. The third kappa shape index (κ3) is 8.25. The van der Waals surface area contributed by atoms with Gasteiger partial charge in [0.25, 0.3) is 0 Å². The molecule has 0 spiro atoms. The Labute approximate surface area is 188 Å². The topological polar surface area (TPSA) is 57.9 Å². The molecule has 0 aliphatic carbocycles. The molecule has 2 aromatic rings. The SMILES string of the molecule is CCNC(=NCc1ccc(OCCCN(C)C)cc1)N(C)Cc1cn(C)nc1C(C)C. The zero-order valence-corrected chi connectivity index (χ0v) is 20.4. The summed E-state index contributed by atoms with van der Waals surface area (Å²) in [6.07, 6.45) is 3.12. The summed E-state index contributed by atoms with van der Waals surface area (Å²) in [6, 6.07) is 8.24. The Morgan fingerprint density at radius 1 is 1.19 bits per heavy atom. The molecule has 1 aromatic carbocycles. The van der Waals surface area contributed by atoms with Crippen LogP contribution >= 0.6 is 0 Å². The number of aromatic nitrogens is 2. The fraction of sp³-hybridized carbons (Fsp3) is 0.583. The van der Waals surface area contributed by atoms with Gasteiger partial charge in [-0.3, -0.25) is 4.68 Å². The van der Waals surface area contributed by atoms with Crippen molar-refractivity contribution in [1.29, 1.82) is 0 Å². The van der Waals surface area contributed by atoms with E-state index < -0.39 is 0 Å². The second-order valence-electron chi connectivity index (χ2n) is 8.54. The Kier molecular flexibility index (Phi) is 9.85. The molecule has 0 unspecified atom stereocenters. The van der Waals surface area contributed by atoms with Crippen molar-refractivity contribution < 1.29 is 4.74 Å². The third-order valence-corrected chi connectivity index (χ3v) is 4.94. The molecule has 0 saturated heterocycles. The number of rotatable bonds is 11. The predicted molar refractivity (Wildman–Crippen MR) is 129 cm³/mol. The largest absolute Gasteiger partial charge is 0.494 e. The standard InChI is InChI=1S/C24H40N6O/c1-8-25-24(29(6)17-21-18-30(7)27-23(21)19(2)3)26-16-20-10-12-22(13-11-20)31-15-9-14-28(4)5/h10-13,18-19H,8-9,14-17H2,1-7H3,(H,25,26). The van der Waals surface area contributed by atoms with Crippen molar-refractivity contribution in [3.63, 3.8) is 0 Å². The van der Waals surface area contributed by atoms with Crippen LogP contribution in [0.25, 0.3) is 0 Å². The first-order valence-electron chi connectivity index (χ1n) is 11.2. The Bertz CT molecular complexity index is 810. The first-order chi connectivity index (χ1) is 14.8. The van der Waals surface area contributed by atoms with E-state index in [4.69, 9.17) is 9.73 Å². The number of hydrogen-bond acceptors (Lipinski definition) is 4. The van der Waals surface area contributed by atoms with Gasteiger partial charge < -0.3 is 19.9 Å². The highest BCUT2D eigenvalue weighted by Crippen LogP contribution is 2.19. The molecule has 0 aliphatic heterocycles.